The first-order valence-electron chi connectivity index (χ1n) is 6.47. The minimum atomic E-state index is -0.909. The highest BCUT2D eigenvalue weighted by Gasteiger charge is 2.22. The standard InChI is InChI=1S/C16H16N2O2/c1-16(2,17)15(19)18-10-7-8-14-12(9-10)11-5-3-4-6-13(11)20-14/h3-9H,17H2,1-2H3,(H,18,19). The van der Waals surface area contributed by atoms with Gasteiger partial charge in [-0.15, -0.1) is 0 Å². The van der Waals surface area contributed by atoms with Crippen LogP contribution in [0.15, 0.2) is 46.9 Å². The van der Waals surface area contributed by atoms with Crippen molar-refractivity contribution in [2.75, 3.05) is 5.32 Å². The minimum Gasteiger partial charge on any atom is -0.456 e. The fraction of sp³-hybridized carbons (Fsp3) is 0.188. The lowest BCUT2D eigenvalue weighted by atomic mass is 10.1. The Hall–Kier alpha value is -2.33. The highest BCUT2D eigenvalue weighted by atomic mass is 16.3. The van der Waals surface area contributed by atoms with Gasteiger partial charge in [0.1, 0.15) is 11.2 Å². The van der Waals surface area contributed by atoms with Gasteiger partial charge < -0.3 is 15.5 Å². The van der Waals surface area contributed by atoms with Gasteiger partial charge in [0.2, 0.25) is 5.91 Å². The van der Waals surface area contributed by atoms with Crippen molar-refractivity contribution in [1.82, 2.24) is 0 Å². The predicted octanol–water partition coefficient (Wildman–Crippen LogP) is 3.26. The van der Waals surface area contributed by atoms with Gasteiger partial charge in [-0.3, -0.25) is 4.79 Å². The van der Waals surface area contributed by atoms with Gasteiger partial charge in [0.25, 0.3) is 0 Å². The quantitative estimate of drug-likeness (QED) is 0.749. The van der Waals surface area contributed by atoms with Gasteiger partial charge in [-0.05, 0) is 38.1 Å². The van der Waals surface area contributed by atoms with Gasteiger partial charge in [-0.25, -0.2) is 0 Å². The molecule has 3 rings (SSSR count). The van der Waals surface area contributed by atoms with Crippen molar-refractivity contribution in [3.8, 4) is 0 Å². The molecule has 1 heterocycles. The lowest BCUT2D eigenvalue weighted by Gasteiger charge is -2.17. The lowest BCUT2D eigenvalue weighted by Crippen LogP contribution is -2.45. The number of fused-ring (bicyclic) bond motifs is 3. The van der Waals surface area contributed by atoms with Crippen LogP contribution in [0.25, 0.3) is 21.9 Å². The van der Waals surface area contributed by atoms with Gasteiger partial charge in [-0.1, -0.05) is 18.2 Å². The number of anilines is 1. The minimum absolute atomic E-state index is 0.218. The second kappa shape index (κ2) is 4.35. The summed E-state index contributed by atoms with van der Waals surface area (Å²) in [6.07, 6.45) is 0. The Morgan fingerprint density at radius 1 is 1.10 bits per heavy atom. The summed E-state index contributed by atoms with van der Waals surface area (Å²) in [5, 5.41) is 4.84. The molecule has 0 atom stereocenters. The number of amides is 1. The smallest absolute Gasteiger partial charge is 0.243 e. The molecule has 0 bridgehead atoms. The van der Waals surface area contributed by atoms with E-state index < -0.39 is 5.54 Å². The molecule has 1 aromatic heterocycles. The van der Waals surface area contributed by atoms with Crippen LogP contribution in [0, 0.1) is 0 Å². The van der Waals surface area contributed by atoms with Crippen LogP contribution < -0.4 is 11.1 Å². The maximum atomic E-state index is 11.9. The molecular formula is C16H16N2O2. The van der Waals surface area contributed by atoms with Crippen LogP contribution in [0.5, 0.6) is 0 Å². The van der Waals surface area contributed by atoms with Crippen molar-refractivity contribution in [1.29, 1.82) is 0 Å². The van der Waals surface area contributed by atoms with Gasteiger partial charge >= 0.3 is 0 Å². The van der Waals surface area contributed by atoms with Crippen molar-refractivity contribution in [2.24, 2.45) is 5.73 Å². The third kappa shape index (κ3) is 2.14. The molecule has 2 aromatic carbocycles. The zero-order chi connectivity index (χ0) is 14.3. The van der Waals surface area contributed by atoms with Crippen LogP contribution in [-0.2, 0) is 4.79 Å². The summed E-state index contributed by atoms with van der Waals surface area (Å²) in [5.74, 6) is -0.218. The van der Waals surface area contributed by atoms with Gasteiger partial charge in [0, 0.05) is 16.5 Å². The maximum absolute atomic E-state index is 11.9. The van der Waals surface area contributed by atoms with Crippen LogP contribution >= 0.6 is 0 Å². The molecule has 3 N–H and O–H groups in total. The monoisotopic (exact) mass is 268 g/mol. The number of para-hydroxylation sites is 1. The molecule has 20 heavy (non-hydrogen) atoms. The average molecular weight is 268 g/mol. The summed E-state index contributed by atoms with van der Waals surface area (Å²) < 4.78 is 5.74. The first kappa shape index (κ1) is 12.7. The zero-order valence-corrected chi connectivity index (χ0v) is 11.4. The van der Waals surface area contributed by atoms with E-state index in [4.69, 9.17) is 10.2 Å². The molecule has 0 aliphatic carbocycles. The average Bonchev–Trinajstić information content (AvgIpc) is 2.76. The summed E-state index contributed by atoms with van der Waals surface area (Å²) in [6, 6.07) is 13.4. The molecule has 0 spiro atoms. The van der Waals surface area contributed by atoms with E-state index in [1.165, 1.54) is 0 Å². The van der Waals surface area contributed by atoms with Crippen LogP contribution in [-0.4, -0.2) is 11.4 Å². The van der Waals surface area contributed by atoms with Gasteiger partial charge in [0.15, 0.2) is 0 Å². The normalized spacial score (nSPS) is 11.9. The van der Waals surface area contributed by atoms with Crippen molar-refractivity contribution in [3.05, 3.63) is 42.5 Å². The number of nitrogens with one attached hydrogen (secondary N) is 1. The van der Waals surface area contributed by atoms with Crippen LogP contribution in [0.2, 0.25) is 0 Å². The van der Waals surface area contributed by atoms with Gasteiger partial charge in [0.05, 0.1) is 5.54 Å². The SMILES string of the molecule is CC(C)(N)C(=O)Nc1ccc2oc3ccccc3c2c1. The molecule has 0 aliphatic rings. The Morgan fingerprint density at radius 2 is 1.80 bits per heavy atom. The second-order valence-corrected chi connectivity index (χ2v) is 5.48. The first-order chi connectivity index (χ1) is 9.45. The topological polar surface area (TPSA) is 68.3 Å². The number of carbonyl (C=O) groups is 1. The number of rotatable bonds is 2. The third-order valence-electron chi connectivity index (χ3n) is 3.22. The number of nitrogens with two attached hydrogens (primary N) is 1. The molecule has 0 aliphatic heterocycles. The molecule has 0 saturated carbocycles. The van der Waals surface area contributed by atoms with E-state index in [1.807, 2.05) is 42.5 Å². The molecule has 0 unspecified atom stereocenters. The summed E-state index contributed by atoms with van der Waals surface area (Å²) in [4.78, 5) is 11.9. The van der Waals surface area contributed by atoms with E-state index in [9.17, 15) is 4.79 Å². The number of hydrogen-bond donors (Lipinski definition) is 2. The van der Waals surface area contributed by atoms with Crippen molar-refractivity contribution in [2.45, 2.75) is 19.4 Å². The second-order valence-electron chi connectivity index (χ2n) is 5.48. The van der Waals surface area contributed by atoms with E-state index in [1.54, 1.807) is 13.8 Å². The molecule has 4 heteroatoms. The summed E-state index contributed by atoms with van der Waals surface area (Å²) in [6.45, 7) is 3.35. The van der Waals surface area contributed by atoms with E-state index >= 15 is 0 Å². The zero-order valence-electron chi connectivity index (χ0n) is 11.4. The van der Waals surface area contributed by atoms with E-state index in [2.05, 4.69) is 5.32 Å². The summed E-state index contributed by atoms with van der Waals surface area (Å²) in [5.41, 5.74) is 7.23. The van der Waals surface area contributed by atoms with Crippen molar-refractivity contribution in [3.63, 3.8) is 0 Å². The van der Waals surface area contributed by atoms with Gasteiger partial charge in [-0.2, -0.15) is 0 Å². The molecule has 102 valence electrons. The summed E-state index contributed by atoms with van der Waals surface area (Å²) in [7, 11) is 0. The Balaban J connectivity index is 2.06. The summed E-state index contributed by atoms with van der Waals surface area (Å²) >= 11 is 0. The van der Waals surface area contributed by atoms with E-state index in [0.717, 1.165) is 21.9 Å². The molecule has 3 aromatic rings. The highest BCUT2D eigenvalue weighted by molar-refractivity contribution is 6.07. The Morgan fingerprint density at radius 3 is 2.55 bits per heavy atom. The fourth-order valence-corrected chi connectivity index (χ4v) is 2.10. The predicted molar refractivity (Wildman–Crippen MR) is 80.6 cm³/mol. The maximum Gasteiger partial charge on any atom is 0.243 e. The van der Waals surface area contributed by atoms with Crippen LogP contribution in [0.1, 0.15) is 13.8 Å². The van der Waals surface area contributed by atoms with Crippen LogP contribution in [0.4, 0.5) is 5.69 Å². The highest BCUT2D eigenvalue weighted by Crippen LogP contribution is 2.30. The molecular weight excluding hydrogens is 252 g/mol. The number of furan rings is 1. The van der Waals surface area contributed by atoms with Crippen LogP contribution in [0.3, 0.4) is 0 Å². The third-order valence-corrected chi connectivity index (χ3v) is 3.22. The number of carbonyl (C=O) groups excluding carboxylic acids is 1. The number of benzene rings is 2. The largest absolute Gasteiger partial charge is 0.456 e. The van der Waals surface area contributed by atoms with E-state index in [-0.39, 0.29) is 5.91 Å². The van der Waals surface area contributed by atoms with Crippen molar-refractivity contribution >= 4 is 33.5 Å². The van der Waals surface area contributed by atoms with E-state index in [0.29, 0.717) is 5.69 Å². The number of hydrogen-bond acceptors (Lipinski definition) is 3. The van der Waals surface area contributed by atoms with Crippen molar-refractivity contribution < 1.29 is 9.21 Å². The first-order valence-corrected chi connectivity index (χ1v) is 6.47. The molecule has 0 radical (unpaired) electrons. The molecule has 4 nitrogen and oxygen atoms in total. The molecule has 0 saturated heterocycles. The fourth-order valence-electron chi connectivity index (χ4n) is 2.10. The Kier molecular flexibility index (Phi) is 2.76. The Bertz CT molecular complexity index is 797. The molecule has 0 fully saturated rings. The Labute approximate surface area is 116 Å². The lowest BCUT2D eigenvalue weighted by molar-refractivity contribution is -0.120. The molecule has 1 amide bonds.